The van der Waals surface area contributed by atoms with Crippen LogP contribution in [0, 0.1) is 12.7 Å². The van der Waals surface area contributed by atoms with Crippen molar-refractivity contribution >= 4 is 0 Å². The predicted octanol–water partition coefficient (Wildman–Crippen LogP) is 3.93. The van der Waals surface area contributed by atoms with Crippen LogP contribution in [0.2, 0.25) is 0 Å². The van der Waals surface area contributed by atoms with E-state index in [2.05, 4.69) is 0 Å². The summed E-state index contributed by atoms with van der Waals surface area (Å²) in [5.74, 6) is 0.946. The number of ether oxygens (including phenoxy) is 1. The molecule has 0 aliphatic heterocycles. The molecular formula is C13H11FO. The smallest absolute Gasteiger partial charge is 0.130 e. The fraction of sp³-hybridized carbons (Fsp3) is 0.0769. The summed E-state index contributed by atoms with van der Waals surface area (Å²) in [6.45, 7) is 1.98. The van der Waals surface area contributed by atoms with Gasteiger partial charge in [-0.3, -0.25) is 0 Å². The van der Waals surface area contributed by atoms with E-state index in [1.165, 1.54) is 12.1 Å². The number of hydrogen-bond donors (Lipinski definition) is 0. The van der Waals surface area contributed by atoms with Crippen LogP contribution >= 0.6 is 0 Å². The van der Waals surface area contributed by atoms with Gasteiger partial charge in [-0.25, -0.2) is 4.39 Å². The quantitative estimate of drug-likeness (QED) is 0.717. The lowest BCUT2D eigenvalue weighted by atomic mass is 10.2. The Bertz CT molecular complexity index is 422. The van der Waals surface area contributed by atoms with E-state index in [0.29, 0.717) is 5.75 Å². The highest BCUT2D eigenvalue weighted by molar-refractivity contribution is 5.33. The van der Waals surface area contributed by atoms with Gasteiger partial charge in [0.05, 0.1) is 0 Å². The van der Waals surface area contributed by atoms with Crippen LogP contribution in [0.1, 0.15) is 5.56 Å². The van der Waals surface area contributed by atoms with Crippen LogP contribution in [-0.2, 0) is 0 Å². The Morgan fingerprint density at radius 3 is 2.27 bits per heavy atom. The first kappa shape index (κ1) is 9.71. The van der Waals surface area contributed by atoms with Gasteiger partial charge in [0.15, 0.2) is 0 Å². The molecule has 0 amide bonds. The second kappa shape index (κ2) is 4.13. The van der Waals surface area contributed by atoms with Crippen LogP contribution in [0.3, 0.4) is 0 Å². The molecule has 0 aliphatic carbocycles. The second-order valence-electron chi connectivity index (χ2n) is 3.38. The number of halogens is 1. The summed E-state index contributed by atoms with van der Waals surface area (Å²) in [7, 11) is 0. The molecule has 0 aromatic heterocycles. The van der Waals surface area contributed by atoms with Gasteiger partial charge in [0.1, 0.15) is 17.3 Å². The first-order valence-electron chi connectivity index (χ1n) is 4.74. The summed E-state index contributed by atoms with van der Waals surface area (Å²) in [5, 5.41) is 0. The van der Waals surface area contributed by atoms with Gasteiger partial charge in [0.2, 0.25) is 0 Å². The van der Waals surface area contributed by atoms with E-state index >= 15 is 0 Å². The first-order valence-corrected chi connectivity index (χ1v) is 4.74. The number of rotatable bonds is 2. The third-order valence-corrected chi connectivity index (χ3v) is 2.02. The molecule has 0 fully saturated rings. The number of hydrogen-bond acceptors (Lipinski definition) is 1. The maximum Gasteiger partial charge on any atom is 0.130 e. The SMILES string of the molecule is Cc1cccc(Oc2cccc(F)c2)c1. The highest BCUT2D eigenvalue weighted by Gasteiger charge is 1.98. The summed E-state index contributed by atoms with van der Waals surface area (Å²) in [6, 6.07) is 13.8. The van der Waals surface area contributed by atoms with Crippen molar-refractivity contribution < 1.29 is 9.13 Å². The largest absolute Gasteiger partial charge is 0.457 e. The average molecular weight is 202 g/mol. The molecule has 2 aromatic rings. The van der Waals surface area contributed by atoms with Crippen molar-refractivity contribution in [1.82, 2.24) is 0 Å². The van der Waals surface area contributed by atoms with Gasteiger partial charge < -0.3 is 4.74 Å². The van der Waals surface area contributed by atoms with E-state index in [1.807, 2.05) is 31.2 Å². The standard InChI is InChI=1S/C13H11FO/c1-10-4-2-6-12(8-10)15-13-7-3-5-11(14)9-13/h2-9H,1H3. The van der Waals surface area contributed by atoms with E-state index in [-0.39, 0.29) is 5.82 Å². The van der Waals surface area contributed by atoms with Crippen LogP contribution < -0.4 is 4.74 Å². The molecule has 0 spiro atoms. The van der Waals surface area contributed by atoms with Gasteiger partial charge in [-0.1, -0.05) is 18.2 Å². The summed E-state index contributed by atoms with van der Waals surface area (Å²) in [5.41, 5.74) is 1.11. The van der Waals surface area contributed by atoms with Crippen molar-refractivity contribution in [2.24, 2.45) is 0 Å². The van der Waals surface area contributed by atoms with Gasteiger partial charge in [0, 0.05) is 6.07 Å². The molecule has 2 aromatic carbocycles. The molecule has 0 N–H and O–H groups in total. The Morgan fingerprint density at radius 1 is 0.933 bits per heavy atom. The minimum absolute atomic E-state index is 0.292. The lowest BCUT2D eigenvalue weighted by molar-refractivity contribution is 0.476. The third-order valence-electron chi connectivity index (χ3n) is 2.02. The molecule has 0 heterocycles. The summed E-state index contributed by atoms with van der Waals surface area (Å²) >= 11 is 0. The molecule has 0 bridgehead atoms. The molecule has 0 aliphatic rings. The van der Waals surface area contributed by atoms with Crippen molar-refractivity contribution in [2.45, 2.75) is 6.92 Å². The molecule has 1 nitrogen and oxygen atoms in total. The van der Waals surface area contributed by atoms with Crippen LogP contribution in [0.25, 0.3) is 0 Å². The summed E-state index contributed by atoms with van der Waals surface area (Å²) in [4.78, 5) is 0. The Balaban J connectivity index is 2.22. The molecule has 2 heteroatoms. The molecule has 2 rings (SSSR count). The molecule has 0 radical (unpaired) electrons. The van der Waals surface area contributed by atoms with Gasteiger partial charge in [-0.05, 0) is 36.8 Å². The highest BCUT2D eigenvalue weighted by Crippen LogP contribution is 2.22. The average Bonchev–Trinajstić information content (AvgIpc) is 2.17. The molecule has 0 saturated heterocycles. The molecule has 0 saturated carbocycles. The zero-order valence-corrected chi connectivity index (χ0v) is 8.41. The van der Waals surface area contributed by atoms with Gasteiger partial charge in [-0.15, -0.1) is 0 Å². The lowest BCUT2D eigenvalue weighted by Crippen LogP contribution is -1.85. The van der Waals surface area contributed by atoms with E-state index in [1.54, 1.807) is 12.1 Å². The van der Waals surface area contributed by atoms with Crippen molar-refractivity contribution in [3.63, 3.8) is 0 Å². The Morgan fingerprint density at radius 2 is 1.60 bits per heavy atom. The van der Waals surface area contributed by atoms with Crippen molar-refractivity contribution in [3.05, 3.63) is 59.9 Å². The number of benzene rings is 2. The summed E-state index contributed by atoms with van der Waals surface area (Å²) in [6.07, 6.45) is 0. The number of aryl methyl sites for hydroxylation is 1. The van der Waals surface area contributed by atoms with E-state index < -0.39 is 0 Å². The van der Waals surface area contributed by atoms with Crippen LogP contribution in [0.4, 0.5) is 4.39 Å². The van der Waals surface area contributed by atoms with E-state index in [4.69, 9.17) is 4.74 Å². The van der Waals surface area contributed by atoms with Gasteiger partial charge in [-0.2, -0.15) is 0 Å². The monoisotopic (exact) mass is 202 g/mol. The molecule has 0 atom stereocenters. The van der Waals surface area contributed by atoms with Crippen molar-refractivity contribution in [1.29, 1.82) is 0 Å². The predicted molar refractivity (Wildman–Crippen MR) is 57.7 cm³/mol. The van der Waals surface area contributed by atoms with Crippen molar-refractivity contribution in [3.8, 4) is 11.5 Å². The maximum atomic E-state index is 12.9. The fourth-order valence-corrected chi connectivity index (χ4v) is 1.35. The third kappa shape index (κ3) is 2.56. The van der Waals surface area contributed by atoms with E-state index in [9.17, 15) is 4.39 Å². The Kier molecular flexibility index (Phi) is 2.68. The molecule has 0 unspecified atom stereocenters. The summed E-state index contributed by atoms with van der Waals surface area (Å²) < 4.78 is 18.4. The molecular weight excluding hydrogens is 191 g/mol. The topological polar surface area (TPSA) is 9.23 Å². The normalized spacial score (nSPS) is 10.0. The first-order chi connectivity index (χ1) is 7.24. The fourth-order valence-electron chi connectivity index (χ4n) is 1.35. The lowest BCUT2D eigenvalue weighted by Gasteiger charge is -2.05. The zero-order valence-electron chi connectivity index (χ0n) is 8.41. The minimum Gasteiger partial charge on any atom is -0.457 e. The van der Waals surface area contributed by atoms with Crippen LogP contribution in [0.15, 0.2) is 48.5 Å². The minimum atomic E-state index is -0.292. The van der Waals surface area contributed by atoms with Gasteiger partial charge >= 0.3 is 0 Å². The second-order valence-corrected chi connectivity index (χ2v) is 3.38. The molecule has 76 valence electrons. The van der Waals surface area contributed by atoms with E-state index in [0.717, 1.165) is 11.3 Å². The maximum absolute atomic E-state index is 12.9. The Labute approximate surface area is 88.1 Å². The molecule has 15 heavy (non-hydrogen) atoms. The highest BCUT2D eigenvalue weighted by atomic mass is 19.1. The Hall–Kier alpha value is -1.83. The zero-order chi connectivity index (χ0) is 10.7. The van der Waals surface area contributed by atoms with Crippen molar-refractivity contribution in [2.75, 3.05) is 0 Å². The van der Waals surface area contributed by atoms with Crippen LogP contribution in [-0.4, -0.2) is 0 Å². The van der Waals surface area contributed by atoms with Gasteiger partial charge in [0.25, 0.3) is 0 Å². The van der Waals surface area contributed by atoms with Crippen LogP contribution in [0.5, 0.6) is 11.5 Å².